The van der Waals surface area contributed by atoms with Crippen molar-refractivity contribution in [1.29, 1.82) is 0 Å². The zero-order chi connectivity index (χ0) is 65.3. The molecule has 0 atom stereocenters. The predicted octanol–water partition coefficient (Wildman–Crippen LogP) is 20.5. The van der Waals surface area contributed by atoms with E-state index >= 15 is 0 Å². The SMILES string of the molecule is c1ccc(-c2nccc3c2c2ccccc2n3-c2cc(-c3cccnc3)cc(-c3cc(-c4cc(-c5cccnc5)cc(-n5c6ccccc6c6c(-c7ccccc7)nccc65)n4)cc(-c4cc(-c5cccnc5)cc(-n5c6ccccc6c6c(-c7ccccc7)nccc65)n4)c3)n2)cc1. The second kappa shape index (κ2) is 23.6. The van der Waals surface area contributed by atoms with Crippen LogP contribution in [-0.4, -0.2) is 58.6 Å². The smallest absolute Gasteiger partial charge is 0.138 e. The van der Waals surface area contributed by atoms with E-state index in [-0.39, 0.29) is 0 Å². The summed E-state index contributed by atoms with van der Waals surface area (Å²) in [5.74, 6) is 2.16. The minimum Gasteiger partial charge on any atom is -0.294 e. The minimum atomic E-state index is 0.719. The molecule has 99 heavy (non-hydrogen) atoms. The highest BCUT2D eigenvalue weighted by atomic mass is 15.1. The van der Waals surface area contributed by atoms with Crippen LogP contribution in [0.2, 0.25) is 0 Å². The van der Waals surface area contributed by atoms with E-state index in [4.69, 9.17) is 29.9 Å². The molecular weight excluding hydrogens is 1210 g/mol. The summed E-state index contributed by atoms with van der Waals surface area (Å²) in [6.07, 6.45) is 16.9. The lowest BCUT2D eigenvalue weighted by Gasteiger charge is -2.17. The Labute approximate surface area is 567 Å². The van der Waals surface area contributed by atoms with Gasteiger partial charge >= 0.3 is 0 Å². The zero-order valence-electron chi connectivity index (χ0n) is 53.0. The topological polar surface area (TPSA) is 131 Å². The van der Waals surface area contributed by atoms with Crippen LogP contribution >= 0.6 is 0 Å². The fourth-order valence-corrected chi connectivity index (χ4v) is 14.4. The number of nitrogens with zero attached hydrogens (tertiary/aromatic N) is 12. The molecule has 462 valence electrons. The van der Waals surface area contributed by atoms with Crippen molar-refractivity contribution in [2.45, 2.75) is 0 Å². The number of aromatic nitrogens is 12. The third-order valence-electron chi connectivity index (χ3n) is 18.8. The lowest BCUT2D eigenvalue weighted by atomic mass is 9.95. The van der Waals surface area contributed by atoms with Crippen LogP contribution in [-0.2, 0) is 0 Å². The molecule has 0 bridgehead atoms. The van der Waals surface area contributed by atoms with Gasteiger partial charge in [0.1, 0.15) is 17.5 Å². The highest BCUT2D eigenvalue weighted by molar-refractivity contribution is 6.17. The van der Waals surface area contributed by atoms with Gasteiger partial charge in [0.2, 0.25) is 0 Å². The molecule has 0 saturated heterocycles. The molecule has 0 aliphatic rings. The summed E-state index contributed by atoms with van der Waals surface area (Å²) >= 11 is 0. The van der Waals surface area contributed by atoms with Crippen molar-refractivity contribution in [3.63, 3.8) is 0 Å². The molecule has 12 nitrogen and oxygen atoms in total. The van der Waals surface area contributed by atoms with Crippen molar-refractivity contribution in [2.24, 2.45) is 0 Å². The van der Waals surface area contributed by atoms with Crippen molar-refractivity contribution in [3.05, 3.63) is 329 Å². The van der Waals surface area contributed by atoms with Gasteiger partial charge in [-0.3, -0.25) is 43.6 Å². The van der Waals surface area contributed by atoms with Crippen LogP contribution in [0.25, 0.3) is 184 Å². The van der Waals surface area contributed by atoms with Gasteiger partial charge in [-0.1, -0.05) is 164 Å². The normalized spacial score (nSPS) is 11.6. The van der Waals surface area contributed by atoms with Gasteiger partial charge < -0.3 is 0 Å². The first-order chi connectivity index (χ1) is 49.1. The molecule has 12 heterocycles. The van der Waals surface area contributed by atoms with E-state index in [0.29, 0.717) is 0 Å². The average Bonchev–Trinajstić information content (AvgIpc) is 1.60. The molecule has 0 spiro atoms. The van der Waals surface area contributed by atoms with E-state index < -0.39 is 0 Å². The van der Waals surface area contributed by atoms with Gasteiger partial charge in [0.05, 0.1) is 67.3 Å². The van der Waals surface area contributed by atoms with Crippen LogP contribution in [0.1, 0.15) is 0 Å². The van der Waals surface area contributed by atoms with Crippen LogP contribution < -0.4 is 0 Å². The van der Waals surface area contributed by atoms with Gasteiger partial charge in [-0.15, -0.1) is 0 Å². The summed E-state index contributed by atoms with van der Waals surface area (Å²) in [4.78, 5) is 46.7. The van der Waals surface area contributed by atoms with Gasteiger partial charge in [0, 0.05) is 138 Å². The molecule has 0 N–H and O–H groups in total. The molecule has 0 amide bonds. The number of pyridine rings is 9. The standard InChI is InChI=1S/C87H54N12/c1-4-19-55(20-5-1)85-82-67-28-10-13-31-73(67)97(76(82)34-40-91-85)79-49-61(58-25-16-37-88-52-58)46-70(94-79)64-43-65(71-47-62(59-26-17-38-89-53-59)50-80(95-71)98-74-32-14-11-29-68(74)83-77(98)35-41-92-86(83)56-21-6-2-7-22-56)45-66(44-64)72-48-63(60-27-18-39-90-54-60)51-81(96-72)99-75-33-15-12-30-69(75)84-78(99)36-42-93-87(84)57-23-8-3-9-24-57/h1-54H. The monoisotopic (exact) mass is 1270 g/mol. The van der Waals surface area contributed by atoms with Crippen molar-refractivity contribution >= 4 is 65.4 Å². The fourth-order valence-electron chi connectivity index (χ4n) is 14.4. The number of rotatable bonds is 12. The van der Waals surface area contributed by atoms with Crippen LogP contribution in [0, 0.1) is 0 Å². The Morgan fingerprint density at radius 3 is 0.778 bits per heavy atom. The lowest BCUT2D eigenvalue weighted by Crippen LogP contribution is -2.02. The van der Waals surface area contributed by atoms with Crippen molar-refractivity contribution in [1.82, 2.24) is 58.6 Å². The molecule has 0 unspecified atom stereocenters. The second-order valence-corrected chi connectivity index (χ2v) is 24.6. The van der Waals surface area contributed by atoms with Crippen molar-refractivity contribution in [2.75, 3.05) is 0 Å². The number of hydrogen-bond acceptors (Lipinski definition) is 9. The van der Waals surface area contributed by atoms with E-state index in [9.17, 15) is 0 Å². The number of fused-ring (bicyclic) bond motifs is 9. The maximum absolute atomic E-state index is 5.84. The maximum atomic E-state index is 5.84. The van der Waals surface area contributed by atoms with E-state index in [2.05, 4.69) is 265 Å². The van der Waals surface area contributed by atoms with Gasteiger partial charge in [0.15, 0.2) is 0 Å². The Balaban J connectivity index is 0.901. The van der Waals surface area contributed by atoms with E-state index in [0.717, 1.165) is 184 Å². The Bertz CT molecular complexity index is 5710. The first-order valence-electron chi connectivity index (χ1n) is 32.9. The highest BCUT2D eigenvalue weighted by Gasteiger charge is 2.25. The fraction of sp³-hybridized carbons (Fsp3) is 0. The van der Waals surface area contributed by atoms with Crippen LogP contribution in [0.5, 0.6) is 0 Å². The Morgan fingerprint density at radius 1 is 0.202 bits per heavy atom. The van der Waals surface area contributed by atoms with Crippen molar-refractivity contribution < 1.29 is 0 Å². The summed E-state index contributed by atoms with van der Waals surface area (Å²) in [6, 6.07) is 95.1. The first kappa shape index (κ1) is 56.8. The van der Waals surface area contributed by atoms with Gasteiger partial charge in [0.25, 0.3) is 0 Å². The molecule has 19 rings (SSSR count). The van der Waals surface area contributed by atoms with Crippen LogP contribution in [0.4, 0.5) is 0 Å². The molecular formula is C87H54N12. The zero-order valence-corrected chi connectivity index (χ0v) is 53.0. The summed E-state index contributed by atoms with van der Waals surface area (Å²) in [5.41, 5.74) is 21.9. The Kier molecular flexibility index (Phi) is 13.6. The van der Waals surface area contributed by atoms with Crippen LogP contribution in [0.3, 0.4) is 0 Å². The molecule has 12 heteroatoms. The highest BCUT2D eigenvalue weighted by Crippen LogP contribution is 2.44. The summed E-state index contributed by atoms with van der Waals surface area (Å²) in [5, 5.41) is 6.31. The van der Waals surface area contributed by atoms with Gasteiger partial charge in [-0.25, -0.2) is 15.0 Å². The third-order valence-corrected chi connectivity index (χ3v) is 18.8. The molecule has 19 aromatic rings. The average molecular weight is 1270 g/mol. The van der Waals surface area contributed by atoms with Gasteiger partial charge in [-0.2, -0.15) is 0 Å². The molecule has 0 aliphatic heterocycles. The second-order valence-electron chi connectivity index (χ2n) is 24.6. The first-order valence-corrected chi connectivity index (χ1v) is 32.9. The number of para-hydroxylation sites is 3. The molecule has 12 aromatic heterocycles. The van der Waals surface area contributed by atoms with Crippen LogP contribution in [0.15, 0.2) is 329 Å². The molecule has 0 aliphatic carbocycles. The molecule has 0 saturated carbocycles. The van der Waals surface area contributed by atoms with E-state index in [1.807, 2.05) is 92.2 Å². The maximum Gasteiger partial charge on any atom is 0.138 e. The van der Waals surface area contributed by atoms with Crippen molar-refractivity contribution in [3.8, 4) is 118 Å². The summed E-state index contributed by atoms with van der Waals surface area (Å²) < 4.78 is 6.83. The third kappa shape index (κ3) is 9.80. The lowest BCUT2D eigenvalue weighted by molar-refractivity contribution is 1.08. The number of benzene rings is 7. The molecule has 7 aromatic carbocycles. The predicted molar refractivity (Wildman–Crippen MR) is 399 cm³/mol. The number of hydrogen-bond donors (Lipinski definition) is 0. The van der Waals surface area contributed by atoms with E-state index in [1.54, 1.807) is 0 Å². The Hall–Kier alpha value is -13.7. The summed E-state index contributed by atoms with van der Waals surface area (Å²) in [7, 11) is 0. The Morgan fingerprint density at radius 2 is 0.485 bits per heavy atom. The quantitative estimate of drug-likeness (QED) is 0.117. The molecule has 0 radical (unpaired) electrons. The largest absolute Gasteiger partial charge is 0.294 e. The molecule has 0 fully saturated rings. The minimum absolute atomic E-state index is 0.719. The van der Waals surface area contributed by atoms with E-state index in [1.165, 1.54) is 0 Å². The summed E-state index contributed by atoms with van der Waals surface area (Å²) in [6.45, 7) is 0. The van der Waals surface area contributed by atoms with Gasteiger partial charge in [-0.05, 0) is 126 Å².